The fourth-order valence-corrected chi connectivity index (χ4v) is 1.67. The summed E-state index contributed by atoms with van der Waals surface area (Å²) < 4.78 is 26.8. The van der Waals surface area contributed by atoms with Crippen molar-refractivity contribution in [2.45, 2.75) is 32.3 Å². The molecule has 1 rings (SSSR count). The molecular formula is C12H18F2N2O. The average molecular weight is 244 g/mol. The zero-order valence-electron chi connectivity index (χ0n) is 10.1. The molecule has 4 N–H and O–H groups in total. The van der Waals surface area contributed by atoms with Crippen LogP contribution in [0.25, 0.3) is 0 Å². The molecule has 17 heavy (non-hydrogen) atoms. The first-order valence-corrected chi connectivity index (χ1v) is 5.56. The van der Waals surface area contributed by atoms with Crippen molar-refractivity contribution in [2.75, 3.05) is 17.6 Å². The monoisotopic (exact) mass is 244 g/mol. The van der Waals surface area contributed by atoms with Crippen LogP contribution in [0.3, 0.4) is 0 Å². The Hall–Kier alpha value is -1.36. The van der Waals surface area contributed by atoms with E-state index < -0.39 is 17.2 Å². The Labute approximate surface area is 99.6 Å². The Morgan fingerprint density at radius 1 is 1.35 bits per heavy atom. The molecule has 0 aromatic heterocycles. The predicted molar refractivity (Wildman–Crippen MR) is 64.8 cm³/mol. The predicted octanol–water partition coefficient (Wildman–Crippen LogP) is 2.51. The van der Waals surface area contributed by atoms with Gasteiger partial charge in [-0.1, -0.05) is 13.3 Å². The summed E-state index contributed by atoms with van der Waals surface area (Å²) in [5.41, 5.74) is 4.09. The molecule has 0 fully saturated rings. The van der Waals surface area contributed by atoms with Gasteiger partial charge in [-0.3, -0.25) is 0 Å². The minimum atomic E-state index is -0.991. The van der Waals surface area contributed by atoms with Gasteiger partial charge in [-0.2, -0.15) is 0 Å². The normalized spacial score (nSPS) is 14.4. The van der Waals surface area contributed by atoms with Crippen LogP contribution in [-0.2, 0) is 0 Å². The second-order valence-corrected chi connectivity index (χ2v) is 4.46. The maximum atomic E-state index is 13.4. The highest BCUT2D eigenvalue weighted by Gasteiger charge is 2.20. The van der Waals surface area contributed by atoms with Crippen molar-refractivity contribution >= 4 is 11.4 Å². The van der Waals surface area contributed by atoms with E-state index in [1.165, 1.54) is 0 Å². The lowest BCUT2D eigenvalue weighted by Gasteiger charge is -2.23. The highest BCUT2D eigenvalue weighted by molar-refractivity contribution is 5.54. The van der Waals surface area contributed by atoms with Crippen molar-refractivity contribution in [1.82, 2.24) is 0 Å². The molecule has 5 heteroatoms. The number of hydrogen-bond donors (Lipinski definition) is 3. The van der Waals surface area contributed by atoms with Gasteiger partial charge in [0, 0.05) is 12.2 Å². The molecule has 0 saturated carbocycles. The first-order chi connectivity index (χ1) is 7.85. The van der Waals surface area contributed by atoms with Crippen LogP contribution >= 0.6 is 0 Å². The maximum absolute atomic E-state index is 13.4. The van der Waals surface area contributed by atoms with E-state index in [9.17, 15) is 13.9 Å². The molecule has 0 amide bonds. The van der Waals surface area contributed by atoms with Gasteiger partial charge in [0.1, 0.15) is 5.69 Å². The molecule has 0 saturated heterocycles. The topological polar surface area (TPSA) is 58.3 Å². The molecule has 1 aromatic carbocycles. The summed E-state index contributed by atoms with van der Waals surface area (Å²) in [7, 11) is 0. The molecule has 0 aliphatic heterocycles. The van der Waals surface area contributed by atoms with Crippen molar-refractivity contribution in [2.24, 2.45) is 0 Å². The van der Waals surface area contributed by atoms with E-state index >= 15 is 0 Å². The summed E-state index contributed by atoms with van der Waals surface area (Å²) in [6.07, 6.45) is 1.35. The first-order valence-electron chi connectivity index (χ1n) is 5.56. The first kappa shape index (κ1) is 13.7. The van der Waals surface area contributed by atoms with Gasteiger partial charge in [-0.15, -0.1) is 0 Å². The fraction of sp³-hybridized carbons (Fsp3) is 0.500. The van der Waals surface area contributed by atoms with Crippen LogP contribution in [-0.4, -0.2) is 17.3 Å². The van der Waals surface area contributed by atoms with Gasteiger partial charge >= 0.3 is 0 Å². The summed E-state index contributed by atoms with van der Waals surface area (Å²) in [5.74, 6) is -1.51. The van der Waals surface area contributed by atoms with Gasteiger partial charge in [-0.05, 0) is 25.5 Å². The van der Waals surface area contributed by atoms with Crippen molar-refractivity contribution in [1.29, 1.82) is 0 Å². The largest absolute Gasteiger partial charge is 0.399 e. The number of benzene rings is 1. The van der Waals surface area contributed by atoms with Crippen molar-refractivity contribution in [3.8, 4) is 0 Å². The van der Waals surface area contributed by atoms with Gasteiger partial charge in [0.05, 0.1) is 5.60 Å². The van der Waals surface area contributed by atoms with Crippen molar-refractivity contribution in [3.63, 3.8) is 0 Å². The van der Waals surface area contributed by atoms with Gasteiger partial charge in [0.15, 0.2) is 11.6 Å². The zero-order chi connectivity index (χ0) is 13.1. The SMILES string of the molecule is CCCC(C)(O)CNc1c(F)cc(N)cc1F. The molecule has 0 aliphatic carbocycles. The second-order valence-electron chi connectivity index (χ2n) is 4.46. The Balaban J connectivity index is 2.76. The Bertz CT molecular complexity index is 371. The Morgan fingerprint density at radius 3 is 2.35 bits per heavy atom. The second kappa shape index (κ2) is 5.31. The summed E-state index contributed by atoms with van der Waals surface area (Å²) in [6.45, 7) is 3.63. The quantitative estimate of drug-likeness (QED) is 0.697. The minimum Gasteiger partial charge on any atom is -0.399 e. The number of nitrogens with one attached hydrogen (secondary N) is 1. The number of nitrogen functional groups attached to an aromatic ring is 1. The van der Waals surface area contributed by atoms with Gasteiger partial charge in [-0.25, -0.2) is 8.78 Å². The lowest BCUT2D eigenvalue weighted by Crippen LogP contribution is -2.33. The van der Waals surface area contributed by atoms with Gasteiger partial charge in [0.2, 0.25) is 0 Å². The lowest BCUT2D eigenvalue weighted by atomic mass is 10.0. The fourth-order valence-electron chi connectivity index (χ4n) is 1.67. The van der Waals surface area contributed by atoms with Gasteiger partial charge < -0.3 is 16.2 Å². The van der Waals surface area contributed by atoms with E-state index in [0.29, 0.717) is 6.42 Å². The van der Waals surface area contributed by atoms with E-state index in [2.05, 4.69) is 5.32 Å². The van der Waals surface area contributed by atoms with E-state index in [1.807, 2.05) is 6.92 Å². The average Bonchev–Trinajstić information content (AvgIpc) is 2.15. The Morgan fingerprint density at radius 2 is 1.88 bits per heavy atom. The van der Waals surface area contributed by atoms with E-state index in [0.717, 1.165) is 18.6 Å². The highest BCUT2D eigenvalue weighted by atomic mass is 19.1. The van der Waals surface area contributed by atoms with E-state index in [1.54, 1.807) is 6.92 Å². The summed E-state index contributed by atoms with van der Waals surface area (Å²) in [6, 6.07) is 2.08. The molecule has 3 nitrogen and oxygen atoms in total. The standard InChI is InChI=1S/C12H18F2N2O/c1-3-4-12(2,17)7-16-11-9(13)5-8(15)6-10(11)14/h5-6,16-17H,3-4,7,15H2,1-2H3. The maximum Gasteiger partial charge on any atom is 0.151 e. The molecule has 1 unspecified atom stereocenters. The number of halogens is 2. The Kier molecular flexibility index (Phi) is 4.28. The van der Waals surface area contributed by atoms with Crippen LogP contribution in [0.4, 0.5) is 20.2 Å². The lowest BCUT2D eigenvalue weighted by molar-refractivity contribution is 0.0635. The molecule has 0 spiro atoms. The molecular weight excluding hydrogens is 226 g/mol. The number of aliphatic hydroxyl groups is 1. The third-order valence-corrected chi connectivity index (χ3v) is 2.50. The van der Waals surface area contributed by atoms with Crippen LogP contribution < -0.4 is 11.1 Å². The van der Waals surface area contributed by atoms with Crippen molar-refractivity contribution in [3.05, 3.63) is 23.8 Å². The number of rotatable bonds is 5. The third kappa shape index (κ3) is 3.85. The zero-order valence-corrected chi connectivity index (χ0v) is 10.1. The van der Waals surface area contributed by atoms with Gasteiger partial charge in [0.25, 0.3) is 0 Å². The van der Waals surface area contributed by atoms with E-state index in [4.69, 9.17) is 5.73 Å². The van der Waals surface area contributed by atoms with Crippen LogP contribution in [0.2, 0.25) is 0 Å². The summed E-state index contributed by atoms with van der Waals surface area (Å²) in [4.78, 5) is 0. The minimum absolute atomic E-state index is 0.0332. The van der Waals surface area contributed by atoms with E-state index in [-0.39, 0.29) is 17.9 Å². The third-order valence-electron chi connectivity index (χ3n) is 2.50. The van der Waals surface area contributed by atoms with Crippen LogP contribution in [0.5, 0.6) is 0 Å². The number of nitrogens with two attached hydrogens (primary N) is 1. The van der Waals surface area contributed by atoms with Crippen LogP contribution in [0.15, 0.2) is 12.1 Å². The van der Waals surface area contributed by atoms with Crippen molar-refractivity contribution < 1.29 is 13.9 Å². The molecule has 1 atom stereocenters. The van der Waals surface area contributed by atoms with Crippen LogP contribution in [0, 0.1) is 11.6 Å². The number of hydrogen-bond acceptors (Lipinski definition) is 3. The van der Waals surface area contributed by atoms with Crippen LogP contribution in [0.1, 0.15) is 26.7 Å². The molecule has 0 aliphatic rings. The smallest absolute Gasteiger partial charge is 0.151 e. The summed E-state index contributed by atoms with van der Waals surface area (Å²) >= 11 is 0. The number of anilines is 2. The molecule has 0 heterocycles. The summed E-state index contributed by atoms with van der Waals surface area (Å²) in [5, 5.41) is 12.5. The molecule has 0 radical (unpaired) electrons. The molecule has 0 bridgehead atoms. The molecule has 96 valence electrons. The highest BCUT2D eigenvalue weighted by Crippen LogP contribution is 2.23. The molecule has 1 aromatic rings.